The summed E-state index contributed by atoms with van der Waals surface area (Å²) < 4.78 is 6.27. The standard InChI is InChI=1S/C28H30O2/c1-27(2)15-16-28(3,4)24-17-20(13-14-23(24)27)19-30-25-12-8-11-22(18-29)26(25)21-9-6-5-7-10-21/h5-14,17-18H,15-16,19H2,1-4H3. The molecule has 1 aliphatic rings. The van der Waals surface area contributed by atoms with E-state index in [4.69, 9.17) is 4.74 Å². The maximum absolute atomic E-state index is 11.7. The van der Waals surface area contributed by atoms with Crippen LogP contribution in [-0.2, 0) is 17.4 Å². The SMILES string of the molecule is CC1(C)CCC(C)(C)c2cc(COc3cccc(C=O)c3-c3ccccc3)ccc21. The van der Waals surface area contributed by atoms with Crippen molar-refractivity contribution in [2.45, 2.75) is 58.0 Å². The van der Waals surface area contributed by atoms with E-state index in [1.54, 1.807) is 0 Å². The number of carbonyl (C=O) groups excluding carboxylic acids is 1. The van der Waals surface area contributed by atoms with E-state index in [1.807, 2.05) is 48.5 Å². The molecule has 1 aliphatic carbocycles. The van der Waals surface area contributed by atoms with Crippen LogP contribution in [0.15, 0.2) is 66.7 Å². The third-order valence-corrected chi connectivity index (χ3v) is 6.56. The summed E-state index contributed by atoms with van der Waals surface area (Å²) in [6.45, 7) is 9.84. The van der Waals surface area contributed by atoms with Gasteiger partial charge in [-0.2, -0.15) is 0 Å². The van der Waals surface area contributed by atoms with Crippen LogP contribution >= 0.6 is 0 Å². The topological polar surface area (TPSA) is 26.3 Å². The summed E-state index contributed by atoms with van der Waals surface area (Å²) in [6.07, 6.45) is 3.30. The Morgan fingerprint density at radius 1 is 0.833 bits per heavy atom. The van der Waals surface area contributed by atoms with Gasteiger partial charge in [0.05, 0.1) is 0 Å². The monoisotopic (exact) mass is 398 g/mol. The van der Waals surface area contributed by atoms with Crippen molar-refractivity contribution in [2.75, 3.05) is 0 Å². The van der Waals surface area contributed by atoms with Crippen LogP contribution in [0, 0.1) is 0 Å². The third kappa shape index (κ3) is 3.79. The number of ether oxygens (including phenoxy) is 1. The Hall–Kier alpha value is -2.87. The van der Waals surface area contributed by atoms with Gasteiger partial charge in [0.1, 0.15) is 12.4 Å². The summed E-state index contributed by atoms with van der Waals surface area (Å²) in [7, 11) is 0. The maximum atomic E-state index is 11.7. The highest BCUT2D eigenvalue weighted by Crippen LogP contribution is 2.46. The normalized spacial score (nSPS) is 16.5. The van der Waals surface area contributed by atoms with Crippen LogP contribution in [0.4, 0.5) is 0 Å². The van der Waals surface area contributed by atoms with Gasteiger partial charge in [-0.1, -0.05) is 88.4 Å². The molecule has 2 nitrogen and oxygen atoms in total. The number of aldehydes is 1. The van der Waals surface area contributed by atoms with Gasteiger partial charge in [0.25, 0.3) is 0 Å². The first-order valence-electron chi connectivity index (χ1n) is 10.7. The minimum Gasteiger partial charge on any atom is -0.488 e. The summed E-state index contributed by atoms with van der Waals surface area (Å²) in [4.78, 5) is 11.7. The zero-order valence-electron chi connectivity index (χ0n) is 18.4. The molecule has 0 fully saturated rings. The highest BCUT2D eigenvalue weighted by molar-refractivity contribution is 5.90. The lowest BCUT2D eigenvalue weighted by Gasteiger charge is -2.42. The smallest absolute Gasteiger partial charge is 0.150 e. The van der Waals surface area contributed by atoms with Crippen molar-refractivity contribution >= 4 is 6.29 Å². The molecule has 0 bridgehead atoms. The van der Waals surface area contributed by atoms with Crippen molar-refractivity contribution < 1.29 is 9.53 Å². The molecule has 0 aliphatic heterocycles. The van der Waals surface area contributed by atoms with Crippen LogP contribution in [0.2, 0.25) is 0 Å². The zero-order chi connectivity index (χ0) is 21.4. The first-order chi connectivity index (χ1) is 14.3. The lowest BCUT2D eigenvalue weighted by Crippen LogP contribution is -2.33. The zero-order valence-corrected chi connectivity index (χ0v) is 18.4. The molecule has 0 saturated carbocycles. The molecule has 0 saturated heterocycles. The predicted molar refractivity (Wildman–Crippen MR) is 123 cm³/mol. The van der Waals surface area contributed by atoms with Crippen LogP contribution in [-0.4, -0.2) is 6.29 Å². The second-order valence-electron chi connectivity index (χ2n) is 9.64. The van der Waals surface area contributed by atoms with Gasteiger partial charge in [0, 0.05) is 11.1 Å². The second kappa shape index (κ2) is 7.75. The van der Waals surface area contributed by atoms with Crippen molar-refractivity contribution in [3.8, 4) is 16.9 Å². The Kier molecular flexibility index (Phi) is 5.27. The Morgan fingerprint density at radius 2 is 1.53 bits per heavy atom. The fourth-order valence-corrected chi connectivity index (χ4v) is 4.57. The Balaban J connectivity index is 1.66. The third-order valence-electron chi connectivity index (χ3n) is 6.56. The van der Waals surface area contributed by atoms with E-state index in [9.17, 15) is 4.79 Å². The van der Waals surface area contributed by atoms with E-state index in [2.05, 4.69) is 45.9 Å². The van der Waals surface area contributed by atoms with E-state index in [0.29, 0.717) is 12.2 Å². The largest absolute Gasteiger partial charge is 0.488 e. The first-order valence-corrected chi connectivity index (χ1v) is 10.7. The fraction of sp³-hybridized carbons (Fsp3) is 0.321. The van der Waals surface area contributed by atoms with Gasteiger partial charge in [-0.05, 0) is 52.0 Å². The molecule has 0 radical (unpaired) electrons. The van der Waals surface area contributed by atoms with Crippen LogP contribution in [0.5, 0.6) is 5.75 Å². The van der Waals surface area contributed by atoms with Gasteiger partial charge in [-0.25, -0.2) is 0 Å². The second-order valence-corrected chi connectivity index (χ2v) is 9.64. The molecule has 0 amide bonds. The van der Waals surface area contributed by atoms with Gasteiger partial charge in [0.2, 0.25) is 0 Å². The first kappa shape index (κ1) is 20.4. The molecule has 154 valence electrons. The van der Waals surface area contributed by atoms with Gasteiger partial charge < -0.3 is 4.74 Å². The molecule has 0 unspecified atom stereocenters. The van der Waals surface area contributed by atoms with Gasteiger partial charge in [-0.3, -0.25) is 4.79 Å². The average Bonchev–Trinajstić information content (AvgIpc) is 2.76. The van der Waals surface area contributed by atoms with Crippen LogP contribution in [0.1, 0.15) is 67.6 Å². The quantitative estimate of drug-likeness (QED) is 0.429. The summed E-state index contributed by atoms with van der Waals surface area (Å²) in [5.74, 6) is 0.739. The number of carbonyl (C=O) groups is 1. The molecule has 0 spiro atoms. The predicted octanol–water partition coefficient (Wildman–Crippen LogP) is 7.09. The van der Waals surface area contributed by atoms with Gasteiger partial charge >= 0.3 is 0 Å². The van der Waals surface area contributed by atoms with Crippen LogP contribution in [0.25, 0.3) is 11.1 Å². The van der Waals surface area contributed by atoms with E-state index in [1.165, 1.54) is 24.0 Å². The van der Waals surface area contributed by atoms with E-state index in [-0.39, 0.29) is 10.8 Å². The highest BCUT2D eigenvalue weighted by Gasteiger charge is 2.36. The highest BCUT2D eigenvalue weighted by atomic mass is 16.5. The van der Waals surface area contributed by atoms with Gasteiger partial charge in [0.15, 0.2) is 6.29 Å². The van der Waals surface area contributed by atoms with Crippen molar-refractivity contribution in [1.29, 1.82) is 0 Å². The number of rotatable bonds is 5. The summed E-state index contributed by atoms with van der Waals surface area (Å²) in [5.41, 5.74) is 6.93. The van der Waals surface area contributed by atoms with Crippen LogP contribution < -0.4 is 4.74 Å². The lowest BCUT2D eigenvalue weighted by molar-refractivity contribution is 0.112. The number of fused-ring (bicyclic) bond motifs is 1. The average molecular weight is 399 g/mol. The van der Waals surface area contributed by atoms with Crippen LogP contribution in [0.3, 0.4) is 0 Å². The van der Waals surface area contributed by atoms with E-state index in [0.717, 1.165) is 28.7 Å². The van der Waals surface area contributed by atoms with E-state index < -0.39 is 0 Å². The molecule has 0 aromatic heterocycles. The maximum Gasteiger partial charge on any atom is 0.150 e. The molecular formula is C28H30O2. The Morgan fingerprint density at radius 3 is 2.23 bits per heavy atom. The Bertz CT molecular complexity index is 1060. The minimum atomic E-state index is 0.174. The number of hydrogen-bond donors (Lipinski definition) is 0. The molecular weight excluding hydrogens is 368 g/mol. The molecule has 3 aromatic carbocycles. The van der Waals surface area contributed by atoms with Crippen molar-refractivity contribution in [3.05, 3.63) is 89.0 Å². The summed E-state index contributed by atoms with van der Waals surface area (Å²) in [5, 5.41) is 0. The minimum absolute atomic E-state index is 0.174. The molecule has 0 heterocycles. The molecule has 30 heavy (non-hydrogen) atoms. The Labute approximate surface area is 179 Å². The van der Waals surface area contributed by atoms with E-state index >= 15 is 0 Å². The lowest BCUT2D eigenvalue weighted by atomic mass is 9.63. The van der Waals surface area contributed by atoms with Gasteiger partial charge in [-0.15, -0.1) is 0 Å². The number of hydrogen-bond acceptors (Lipinski definition) is 2. The van der Waals surface area contributed by atoms with Crippen molar-refractivity contribution in [3.63, 3.8) is 0 Å². The van der Waals surface area contributed by atoms with Crippen molar-refractivity contribution in [2.24, 2.45) is 0 Å². The molecule has 0 N–H and O–H groups in total. The summed E-state index contributed by atoms with van der Waals surface area (Å²) in [6, 6.07) is 22.4. The summed E-state index contributed by atoms with van der Waals surface area (Å²) >= 11 is 0. The molecule has 4 rings (SSSR count). The van der Waals surface area contributed by atoms with Crippen molar-refractivity contribution in [1.82, 2.24) is 0 Å². The molecule has 3 aromatic rings. The number of benzene rings is 3. The molecule has 0 atom stereocenters. The fourth-order valence-electron chi connectivity index (χ4n) is 4.57. The molecule has 2 heteroatoms.